The van der Waals surface area contributed by atoms with Gasteiger partial charge in [0.05, 0.1) is 12.0 Å². The molecule has 0 aliphatic heterocycles. The highest BCUT2D eigenvalue weighted by Gasteiger charge is 2.15. The van der Waals surface area contributed by atoms with Gasteiger partial charge in [-0.15, -0.1) is 5.10 Å². The number of nitrogens with one attached hydrogen (secondary N) is 2. The number of carbonyl (C=O) groups excluding carboxylic acids is 1. The number of aromatic nitrogens is 3. The monoisotopic (exact) mass is 320 g/mol. The average Bonchev–Trinajstić information content (AvgIpc) is 3.14. The first-order valence-electron chi connectivity index (χ1n) is 7.70. The lowest BCUT2D eigenvalue weighted by Crippen LogP contribution is -2.35. The summed E-state index contributed by atoms with van der Waals surface area (Å²) in [5.74, 6) is 1.62. The second kappa shape index (κ2) is 7.49. The van der Waals surface area contributed by atoms with Crippen molar-refractivity contribution in [3.63, 3.8) is 0 Å². The molecule has 22 heavy (non-hydrogen) atoms. The fraction of sp³-hybridized carbons (Fsp3) is 0.533. The fourth-order valence-electron chi connectivity index (χ4n) is 2.66. The molecule has 0 radical (unpaired) electrons. The minimum atomic E-state index is 0.0567. The third-order valence-electron chi connectivity index (χ3n) is 3.77. The highest BCUT2D eigenvalue weighted by molar-refractivity contribution is 7.99. The number of amides is 1. The van der Waals surface area contributed by atoms with Gasteiger partial charge in [0.15, 0.2) is 11.6 Å². The number of hydrogen-bond acceptors (Lipinski definition) is 5. The second-order valence-corrected chi connectivity index (χ2v) is 6.43. The molecule has 7 heteroatoms. The molecule has 3 rings (SSSR count). The summed E-state index contributed by atoms with van der Waals surface area (Å²) in [5, 5.41) is 10.6. The molecule has 1 amide bonds. The molecule has 1 aliphatic carbocycles. The second-order valence-electron chi connectivity index (χ2n) is 5.49. The van der Waals surface area contributed by atoms with Crippen LogP contribution < -0.4 is 5.32 Å². The number of nitrogens with zero attached hydrogens (tertiary/aromatic N) is 2. The van der Waals surface area contributed by atoms with E-state index in [9.17, 15) is 4.79 Å². The lowest BCUT2D eigenvalue weighted by atomic mass is 10.1. The topological polar surface area (TPSA) is 83.8 Å². The zero-order chi connectivity index (χ0) is 15.2. The van der Waals surface area contributed by atoms with E-state index >= 15 is 0 Å². The third-order valence-corrected chi connectivity index (χ3v) is 4.62. The minimum Gasteiger partial charge on any atom is -0.461 e. The first-order valence-corrected chi connectivity index (χ1v) is 8.68. The highest BCUT2D eigenvalue weighted by Crippen LogP contribution is 2.20. The molecular weight excluding hydrogens is 300 g/mol. The van der Waals surface area contributed by atoms with E-state index in [2.05, 4.69) is 20.5 Å². The lowest BCUT2D eigenvalue weighted by molar-refractivity contribution is -0.119. The van der Waals surface area contributed by atoms with Gasteiger partial charge in [-0.05, 0) is 25.0 Å². The molecule has 1 fully saturated rings. The number of carbonyl (C=O) groups is 1. The number of aromatic amines is 1. The van der Waals surface area contributed by atoms with Crippen molar-refractivity contribution in [1.82, 2.24) is 20.5 Å². The van der Waals surface area contributed by atoms with Crippen molar-refractivity contribution in [2.45, 2.75) is 49.7 Å². The zero-order valence-corrected chi connectivity index (χ0v) is 13.2. The standard InChI is InChI=1S/C15H20N4O2S/c20-13(16-11-6-3-1-2-4-7-11)10-22-15-17-14(18-19-15)12-8-5-9-21-12/h5,8-9,11H,1-4,6-7,10H2,(H,16,20)(H,17,18,19). The highest BCUT2D eigenvalue weighted by atomic mass is 32.2. The molecule has 0 spiro atoms. The van der Waals surface area contributed by atoms with Crippen molar-refractivity contribution < 1.29 is 9.21 Å². The quantitative estimate of drug-likeness (QED) is 0.653. The van der Waals surface area contributed by atoms with E-state index in [4.69, 9.17) is 4.42 Å². The van der Waals surface area contributed by atoms with E-state index in [0.717, 1.165) is 12.8 Å². The summed E-state index contributed by atoms with van der Waals surface area (Å²) < 4.78 is 5.25. The largest absolute Gasteiger partial charge is 0.461 e. The van der Waals surface area contributed by atoms with Crippen molar-refractivity contribution in [2.75, 3.05) is 5.75 Å². The molecule has 1 aliphatic rings. The minimum absolute atomic E-state index is 0.0567. The van der Waals surface area contributed by atoms with Gasteiger partial charge in [-0.3, -0.25) is 9.89 Å². The Labute approximate surface area is 133 Å². The van der Waals surface area contributed by atoms with Gasteiger partial charge < -0.3 is 9.73 Å². The summed E-state index contributed by atoms with van der Waals surface area (Å²) in [5.41, 5.74) is 0. The van der Waals surface area contributed by atoms with E-state index < -0.39 is 0 Å². The summed E-state index contributed by atoms with van der Waals surface area (Å²) in [6, 6.07) is 3.94. The van der Waals surface area contributed by atoms with Crippen molar-refractivity contribution in [2.24, 2.45) is 0 Å². The van der Waals surface area contributed by atoms with Gasteiger partial charge in [0.25, 0.3) is 0 Å². The molecule has 2 aromatic heterocycles. The van der Waals surface area contributed by atoms with E-state index in [1.54, 1.807) is 12.3 Å². The van der Waals surface area contributed by atoms with Gasteiger partial charge >= 0.3 is 0 Å². The van der Waals surface area contributed by atoms with Crippen LogP contribution in [0.2, 0.25) is 0 Å². The first kappa shape index (κ1) is 15.1. The van der Waals surface area contributed by atoms with Gasteiger partial charge in [-0.25, -0.2) is 0 Å². The zero-order valence-electron chi connectivity index (χ0n) is 12.4. The molecule has 1 saturated carbocycles. The van der Waals surface area contributed by atoms with E-state index in [1.807, 2.05) is 6.07 Å². The Bertz CT molecular complexity index is 588. The number of H-pyrrole nitrogens is 1. The van der Waals surface area contributed by atoms with Gasteiger partial charge in [-0.1, -0.05) is 37.4 Å². The Morgan fingerprint density at radius 3 is 2.91 bits per heavy atom. The van der Waals surface area contributed by atoms with Crippen molar-refractivity contribution >= 4 is 17.7 Å². The Balaban J connectivity index is 1.46. The van der Waals surface area contributed by atoms with Crippen LogP contribution in [0.1, 0.15) is 38.5 Å². The Kier molecular flexibility index (Phi) is 5.15. The predicted octanol–water partition coefficient (Wildman–Crippen LogP) is 3.00. The van der Waals surface area contributed by atoms with E-state index in [-0.39, 0.29) is 5.91 Å². The summed E-state index contributed by atoms with van der Waals surface area (Å²) in [7, 11) is 0. The SMILES string of the molecule is O=C(CSc1n[nH]c(-c2ccco2)n1)NC1CCCCCC1. The Morgan fingerprint density at radius 1 is 1.36 bits per heavy atom. The van der Waals surface area contributed by atoms with Crippen LogP contribution in [0.15, 0.2) is 28.0 Å². The van der Waals surface area contributed by atoms with Crippen LogP contribution in [-0.4, -0.2) is 32.9 Å². The predicted molar refractivity (Wildman–Crippen MR) is 84.4 cm³/mol. The van der Waals surface area contributed by atoms with Crippen molar-refractivity contribution in [3.05, 3.63) is 18.4 Å². The molecular formula is C15H20N4O2S. The van der Waals surface area contributed by atoms with E-state index in [0.29, 0.717) is 28.5 Å². The van der Waals surface area contributed by atoms with Crippen LogP contribution in [0, 0.1) is 0 Å². The van der Waals surface area contributed by atoms with Crippen LogP contribution in [0.4, 0.5) is 0 Å². The maximum atomic E-state index is 12.0. The Morgan fingerprint density at radius 2 is 2.18 bits per heavy atom. The lowest BCUT2D eigenvalue weighted by Gasteiger charge is -2.15. The fourth-order valence-corrected chi connectivity index (χ4v) is 3.27. The molecule has 118 valence electrons. The molecule has 2 N–H and O–H groups in total. The molecule has 0 atom stereocenters. The maximum Gasteiger partial charge on any atom is 0.230 e. The Hall–Kier alpha value is -1.76. The van der Waals surface area contributed by atoms with Gasteiger partial charge in [0, 0.05) is 6.04 Å². The average molecular weight is 320 g/mol. The summed E-state index contributed by atoms with van der Waals surface area (Å²) >= 11 is 1.33. The van der Waals surface area contributed by atoms with Crippen LogP contribution in [0.3, 0.4) is 0 Å². The number of furan rings is 1. The number of rotatable bonds is 5. The van der Waals surface area contributed by atoms with Crippen LogP contribution in [0.5, 0.6) is 0 Å². The molecule has 6 nitrogen and oxygen atoms in total. The molecule has 2 aromatic rings. The number of hydrogen-bond donors (Lipinski definition) is 2. The van der Waals surface area contributed by atoms with Crippen LogP contribution >= 0.6 is 11.8 Å². The van der Waals surface area contributed by atoms with Crippen LogP contribution in [-0.2, 0) is 4.79 Å². The number of thioether (sulfide) groups is 1. The summed E-state index contributed by atoms with van der Waals surface area (Å²) in [4.78, 5) is 16.3. The molecule has 0 aromatic carbocycles. The normalized spacial score (nSPS) is 16.4. The van der Waals surface area contributed by atoms with Gasteiger partial charge in [-0.2, -0.15) is 4.98 Å². The van der Waals surface area contributed by atoms with Crippen molar-refractivity contribution in [1.29, 1.82) is 0 Å². The molecule has 0 bridgehead atoms. The molecule has 2 heterocycles. The van der Waals surface area contributed by atoms with Gasteiger partial charge in [0.1, 0.15) is 0 Å². The van der Waals surface area contributed by atoms with Crippen molar-refractivity contribution in [3.8, 4) is 11.6 Å². The maximum absolute atomic E-state index is 12.0. The molecule has 0 unspecified atom stereocenters. The van der Waals surface area contributed by atoms with Crippen LogP contribution in [0.25, 0.3) is 11.6 Å². The summed E-state index contributed by atoms with van der Waals surface area (Å²) in [6.07, 6.45) is 8.78. The first-order chi connectivity index (χ1) is 10.8. The molecule has 0 saturated heterocycles. The van der Waals surface area contributed by atoms with E-state index in [1.165, 1.54) is 37.4 Å². The summed E-state index contributed by atoms with van der Waals surface area (Å²) in [6.45, 7) is 0. The van der Waals surface area contributed by atoms with Gasteiger partial charge in [0.2, 0.25) is 11.1 Å². The smallest absolute Gasteiger partial charge is 0.230 e. The third kappa shape index (κ3) is 4.13.